The fourth-order valence-corrected chi connectivity index (χ4v) is 3.18. The number of thioether (sulfide) groups is 1. The molecule has 2 aromatic rings. The van der Waals surface area contributed by atoms with E-state index in [0.29, 0.717) is 0 Å². The van der Waals surface area contributed by atoms with Gasteiger partial charge in [-0.3, -0.25) is 0 Å². The Morgan fingerprint density at radius 1 is 0.938 bits per heavy atom. The summed E-state index contributed by atoms with van der Waals surface area (Å²) in [6, 6.07) is 17.2. The minimum Gasteiger partial charge on any atom is -0.343 e. The van der Waals surface area contributed by atoms with Crippen molar-refractivity contribution in [3.8, 4) is 0 Å². The largest absolute Gasteiger partial charge is 0.343 e. The Labute approximate surface area is 100 Å². The van der Waals surface area contributed by atoms with Gasteiger partial charge in [-0.15, -0.1) is 11.8 Å². The standard InChI is InChI=1S/C14H13NS/c1-15-12-7-3-2-6-11(12)10-16-14-9-5-4-8-13(14)15/h2-9H,10H2,1H3. The van der Waals surface area contributed by atoms with Gasteiger partial charge in [-0.2, -0.15) is 0 Å². The molecule has 1 aliphatic rings. The normalized spacial score (nSPS) is 13.9. The Morgan fingerprint density at radius 2 is 1.62 bits per heavy atom. The number of rotatable bonds is 0. The summed E-state index contributed by atoms with van der Waals surface area (Å²) in [5.41, 5.74) is 4.03. The lowest BCUT2D eigenvalue weighted by molar-refractivity contribution is 1.16. The van der Waals surface area contributed by atoms with Gasteiger partial charge in [0.2, 0.25) is 0 Å². The molecular formula is C14H13NS. The van der Waals surface area contributed by atoms with E-state index in [1.54, 1.807) is 0 Å². The monoisotopic (exact) mass is 227 g/mol. The van der Waals surface area contributed by atoms with Crippen molar-refractivity contribution < 1.29 is 0 Å². The highest BCUT2D eigenvalue weighted by Crippen LogP contribution is 2.41. The highest BCUT2D eigenvalue weighted by Gasteiger charge is 2.16. The van der Waals surface area contributed by atoms with E-state index in [-0.39, 0.29) is 0 Å². The van der Waals surface area contributed by atoms with Gasteiger partial charge in [0.15, 0.2) is 0 Å². The second kappa shape index (κ2) is 3.87. The second-order valence-corrected chi connectivity index (χ2v) is 4.96. The summed E-state index contributed by atoms with van der Waals surface area (Å²) in [7, 11) is 2.14. The number of benzene rings is 2. The van der Waals surface area contributed by atoms with E-state index < -0.39 is 0 Å². The van der Waals surface area contributed by atoms with E-state index >= 15 is 0 Å². The van der Waals surface area contributed by atoms with Crippen molar-refractivity contribution in [3.63, 3.8) is 0 Å². The predicted octanol–water partition coefficient (Wildman–Crippen LogP) is 4.06. The van der Waals surface area contributed by atoms with Gasteiger partial charge in [0.05, 0.1) is 5.69 Å². The lowest BCUT2D eigenvalue weighted by Crippen LogP contribution is -2.10. The van der Waals surface area contributed by atoms with E-state index in [9.17, 15) is 0 Å². The fraction of sp³-hybridized carbons (Fsp3) is 0.143. The van der Waals surface area contributed by atoms with Crippen LogP contribution in [0.4, 0.5) is 11.4 Å². The number of fused-ring (bicyclic) bond motifs is 2. The topological polar surface area (TPSA) is 3.24 Å². The smallest absolute Gasteiger partial charge is 0.0546 e. The minimum atomic E-state index is 1.05. The average molecular weight is 227 g/mol. The van der Waals surface area contributed by atoms with Gasteiger partial charge in [-0.05, 0) is 23.8 Å². The van der Waals surface area contributed by atoms with Gasteiger partial charge in [0.1, 0.15) is 0 Å². The lowest BCUT2D eigenvalue weighted by atomic mass is 10.1. The third-order valence-corrected chi connectivity index (χ3v) is 4.07. The Hall–Kier alpha value is -1.41. The van der Waals surface area contributed by atoms with Gasteiger partial charge in [-0.25, -0.2) is 0 Å². The molecule has 0 saturated heterocycles. The molecule has 80 valence electrons. The molecule has 0 radical (unpaired) electrons. The molecule has 0 bridgehead atoms. The summed E-state index contributed by atoms with van der Waals surface area (Å²) < 4.78 is 0. The van der Waals surface area contributed by atoms with E-state index in [4.69, 9.17) is 0 Å². The van der Waals surface area contributed by atoms with Crippen molar-refractivity contribution in [3.05, 3.63) is 54.1 Å². The SMILES string of the molecule is CN1c2ccccc2CSc2ccccc21. The molecule has 16 heavy (non-hydrogen) atoms. The van der Waals surface area contributed by atoms with Crippen LogP contribution in [-0.2, 0) is 5.75 Å². The maximum Gasteiger partial charge on any atom is 0.0546 e. The van der Waals surface area contributed by atoms with Gasteiger partial charge >= 0.3 is 0 Å². The van der Waals surface area contributed by atoms with Crippen LogP contribution in [0.25, 0.3) is 0 Å². The molecule has 0 saturated carbocycles. The molecule has 0 aliphatic carbocycles. The van der Waals surface area contributed by atoms with Crippen LogP contribution in [0.5, 0.6) is 0 Å². The highest BCUT2D eigenvalue weighted by molar-refractivity contribution is 7.98. The van der Waals surface area contributed by atoms with Crippen molar-refractivity contribution in [2.75, 3.05) is 11.9 Å². The number of nitrogens with zero attached hydrogens (tertiary/aromatic N) is 1. The molecule has 0 unspecified atom stereocenters. The first kappa shape index (κ1) is 9.79. The van der Waals surface area contributed by atoms with Gasteiger partial charge in [0.25, 0.3) is 0 Å². The van der Waals surface area contributed by atoms with Crippen LogP contribution in [0.2, 0.25) is 0 Å². The summed E-state index contributed by atoms with van der Waals surface area (Å²) in [5.74, 6) is 1.05. The quantitative estimate of drug-likeness (QED) is 0.667. The van der Waals surface area contributed by atoms with Crippen LogP contribution >= 0.6 is 11.8 Å². The molecule has 0 amide bonds. The summed E-state index contributed by atoms with van der Waals surface area (Å²) in [6.07, 6.45) is 0. The molecule has 0 fully saturated rings. The minimum absolute atomic E-state index is 1.05. The van der Waals surface area contributed by atoms with Crippen molar-refractivity contribution in [2.24, 2.45) is 0 Å². The molecule has 3 rings (SSSR count). The number of anilines is 2. The molecule has 0 aromatic heterocycles. The Bertz CT molecular complexity index is 474. The van der Waals surface area contributed by atoms with E-state index in [0.717, 1.165) is 5.75 Å². The van der Waals surface area contributed by atoms with Crippen LogP contribution in [-0.4, -0.2) is 7.05 Å². The van der Waals surface area contributed by atoms with E-state index in [1.165, 1.54) is 21.8 Å². The Kier molecular flexibility index (Phi) is 2.37. The third kappa shape index (κ3) is 1.50. The first-order chi connectivity index (χ1) is 7.86. The van der Waals surface area contributed by atoms with E-state index in [1.807, 2.05) is 11.8 Å². The number of para-hydroxylation sites is 2. The molecule has 2 aromatic carbocycles. The molecular weight excluding hydrogens is 214 g/mol. The van der Waals surface area contributed by atoms with Gasteiger partial charge < -0.3 is 4.90 Å². The molecule has 0 atom stereocenters. The molecule has 1 nitrogen and oxygen atoms in total. The van der Waals surface area contributed by atoms with Gasteiger partial charge in [0, 0.05) is 23.4 Å². The van der Waals surface area contributed by atoms with Crippen LogP contribution < -0.4 is 4.90 Å². The maximum absolute atomic E-state index is 2.28. The fourth-order valence-electron chi connectivity index (χ4n) is 2.10. The Balaban J connectivity index is 2.18. The first-order valence-corrected chi connectivity index (χ1v) is 6.38. The molecule has 2 heteroatoms. The molecule has 0 N–H and O–H groups in total. The highest BCUT2D eigenvalue weighted by atomic mass is 32.2. The first-order valence-electron chi connectivity index (χ1n) is 5.40. The number of hydrogen-bond donors (Lipinski definition) is 0. The average Bonchev–Trinajstić information content (AvgIpc) is 2.49. The Morgan fingerprint density at radius 3 is 2.50 bits per heavy atom. The molecule has 0 spiro atoms. The third-order valence-electron chi connectivity index (χ3n) is 2.96. The summed E-state index contributed by atoms with van der Waals surface area (Å²) in [4.78, 5) is 3.64. The van der Waals surface area contributed by atoms with Crippen molar-refractivity contribution in [1.29, 1.82) is 0 Å². The van der Waals surface area contributed by atoms with E-state index in [2.05, 4.69) is 60.5 Å². The second-order valence-electron chi connectivity index (χ2n) is 3.94. The zero-order valence-electron chi connectivity index (χ0n) is 9.18. The lowest BCUT2D eigenvalue weighted by Gasteiger charge is -2.21. The van der Waals surface area contributed by atoms with Crippen LogP contribution in [0.3, 0.4) is 0 Å². The zero-order chi connectivity index (χ0) is 11.0. The summed E-state index contributed by atoms with van der Waals surface area (Å²) in [5, 5.41) is 0. The predicted molar refractivity (Wildman–Crippen MR) is 70.5 cm³/mol. The maximum atomic E-state index is 2.28. The molecule has 1 heterocycles. The van der Waals surface area contributed by atoms with Crippen LogP contribution in [0, 0.1) is 0 Å². The van der Waals surface area contributed by atoms with Crippen molar-refractivity contribution in [2.45, 2.75) is 10.6 Å². The van der Waals surface area contributed by atoms with Crippen molar-refractivity contribution in [1.82, 2.24) is 0 Å². The summed E-state index contributed by atoms with van der Waals surface area (Å²) >= 11 is 1.91. The molecule has 1 aliphatic heterocycles. The zero-order valence-corrected chi connectivity index (χ0v) is 10.00. The van der Waals surface area contributed by atoms with Crippen molar-refractivity contribution >= 4 is 23.1 Å². The summed E-state index contributed by atoms with van der Waals surface area (Å²) in [6.45, 7) is 0. The number of hydrogen-bond acceptors (Lipinski definition) is 2. The van der Waals surface area contributed by atoms with Gasteiger partial charge in [-0.1, -0.05) is 30.3 Å². The van der Waals surface area contributed by atoms with Crippen LogP contribution in [0.1, 0.15) is 5.56 Å². The van der Waals surface area contributed by atoms with Crippen LogP contribution in [0.15, 0.2) is 53.4 Å².